The molecule has 6 heteroatoms. The molecule has 0 spiro atoms. The molecule has 0 fully saturated rings. The van der Waals surface area contributed by atoms with Gasteiger partial charge < -0.3 is 11.5 Å². The minimum Gasteiger partial charge on any atom is -0.368 e. The Morgan fingerprint density at radius 2 is 1.80 bits per heavy atom. The van der Waals surface area contributed by atoms with Gasteiger partial charge in [0.1, 0.15) is 6.04 Å². The van der Waals surface area contributed by atoms with Gasteiger partial charge in [0.25, 0.3) is 0 Å². The first-order valence-electron chi connectivity index (χ1n) is 4.05. The van der Waals surface area contributed by atoms with Crippen molar-refractivity contribution in [3.05, 3.63) is 35.4 Å². The van der Waals surface area contributed by atoms with Crippen LogP contribution in [0, 0.1) is 0 Å². The van der Waals surface area contributed by atoms with Gasteiger partial charge in [-0.3, -0.25) is 4.79 Å². The number of nitrogens with two attached hydrogens (primary N) is 2. The van der Waals surface area contributed by atoms with E-state index in [-0.39, 0.29) is 5.56 Å². The number of alkyl halides is 3. The molecule has 1 aromatic rings. The third kappa shape index (κ3) is 2.47. The first-order chi connectivity index (χ1) is 6.84. The van der Waals surface area contributed by atoms with Crippen molar-refractivity contribution in [3.8, 4) is 0 Å². The van der Waals surface area contributed by atoms with E-state index in [0.717, 1.165) is 12.1 Å². The van der Waals surface area contributed by atoms with Crippen molar-refractivity contribution in [1.82, 2.24) is 0 Å². The maximum absolute atomic E-state index is 12.5. The smallest absolute Gasteiger partial charge is 0.368 e. The van der Waals surface area contributed by atoms with Crippen LogP contribution in [0.4, 0.5) is 13.2 Å². The Labute approximate surface area is 83.9 Å². The van der Waals surface area contributed by atoms with Gasteiger partial charge in [-0.25, -0.2) is 0 Å². The molecule has 4 N–H and O–H groups in total. The summed E-state index contributed by atoms with van der Waals surface area (Å²) in [5.41, 5.74) is 8.87. The zero-order valence-corrected chi connectivity index (χ0v) is 7.58. The van der Waals surface area contributed by atoms with Crippen molar-refractivity contribution in [2.45, 2.75) is 12.2 Å². The fourth-order valence-electron chi connectivity index (χ4n) is 1.18. The van der Waals surface area contributed by atoms with Crippen molar-refractivity contribution < 1.29 is 18.0 Å². The van der Waals surface area contributed by atoms with Crippen LogP contribution in [0.25, 0.3) is 0 Å². The van der Waals surface area contributed by atoms with Crippen LogP contribution in [0.15, 0.2) is 24.3 Å². The molecule has 0 radical (unpaired) electrons. The van der Waals surface area contributed by atoms with E-state index in [0.29, 0.717) is 0 Å². The van der Waals surface area contributed by atoms with E-state index in [1.165, 1.54) is 12.1 Å². The molecule has 0 saturated carbocycles. The number of hydrogen-bond acceptors (Lipinski definition) is 2. The molecule has 0 aromatic heterocycles. The Balaban J connectivity index is 3.24. The number of hydrogen-bond donors (Lipinski definition) is 2. The Hall–Kier alpha value is -1.56. The predicted molar refractivity (Wildman–Crippen MR) is 47.6 cm³/mol. The Bertz CT molecular complexity index is 376. The molecular weight excluding hydrogens is 209 g/mol. The molecule has 0 heterocycles. The molecule has 3 nitrogen and oxygen atoms in total. The summed E-state index contributed by atoms with van der Waals surface area (Å²) < 4.78 is 37.4. The quantitative estimate of drug-likeness (QED) is 0.782. The maximum Gasteiger partial charge on any atom is 0.416 e. The van der Waals surface area contributed by atoms with Crippen LogP contribution >= 0.6 is 0 Å². The number of halogens is 3. The zero-order chi connectivity index (χ0) is 11.6. The largest absolute Gasteiger partial charge is 0.416 e. The van der Waals surface area contributed by atoms with Gasteiger partial charge in [0.05, 0.1) is 5.56 Å². The van der Waals surface area contributed by atoms with Crippen LogP contribution in [0.3, 0.4) is 0 Å². The van der Waals surface area contributed by atoms with E-state index in [9.17, 15) is 18.0 Å². The highest BCUT2D eigenvalue weighted by Gasteiger charge is 2.35. The van der Waals surface area contributed by atoms with Gasteiger partial charge in [0.15, 0.2) is 0 Å². The minimum atomic E-state index is -4.54. The van der Waals surface area contributed by atoms with Crippen LogP contribution < -0.4 is 11.5 Å². The van der Waals surface area contributed by atoms with E-state index in [1.807, 2.05) is 0 Å². The van der Waals surface area contributed by atoms with Gasteiger partial charge in [-0.15, -0.1) is 0 Å². The van der Waals surface area contributed by atoms with Crippen LogP contribution in [0.2, 0.25) is 0 Å². The summed E-state index contributed by atoms with van der Waals surface area (Å²) in [5, 5.41) is 0. The standard InChI is InChI=1S/C9H9F3N2O/c10-9(11,12)6-4-2-1-3-5(6)7(13)8(14)15/h1-4,7H,13H2,(H2,14,15)/t7-/m0/s1. The van der Waals surface area contributed by atoms with Crippen molar-refractivity contribution in [2.24, 2.45) is 11.5 Å². The van der Waals surface area contributed by atoms with Gasteiger partial charge in [-0.05, 0) is 11.6 Å². The molecule has 1 aromatic carbocycles. The number of carbonyl (C=O) groups excluding carboxylic acids is 1. The number of benzene rings is 1. The third-order valence-electron chi connectivity index (χ3n) is 1.91. The Kier molecular flexibility index (Phi) is 2.99. The molecule has 1 amide bonds. The minimum absolute atomic E-state index is 0.308. The van der Waals surface area contributed by atoms with Gasteiger partial charge in [0.2, 0.25) is 5.91 Å². The van der Waals surface area contributed by atoms with Crippen molar-refractivity contribution >= 4 is 5.91 Å². The lowest BCUT2D eigenvalue weighted by atomic mass is 10.0. The number of rotatable bonds is 2. The second kappa shape index (κ2) is 3.90. The zero-order valence-electron chi connectivity index (χ0n) is 7.58. The van der Waals surface area contributed by atoms with Crippen LogP contribution in [-0.2, 0) is 11.0 Å². The molecule has 0 saturated heterocycles. The third-order valence-corrected chi connectivity index (χ3v) is 1.91. The number of amides is 1. The van der Waals surface area contributed by atoms with Crippen molar-refractivity contribution in [2.75, 3.05) is 0 Å². The van der Waals surface area contributed by atoms with Crippen LogP contribution in [0.1, 0.15) is 17.2 Å². The van der Waals surface area contributed by atoms with Gasteiger partial charge in [-0.1, -0.05) is 18.2 Å². The lowest BCUT2D eigenvalue weighted by Crippen LogP contribution is -2.30. The topological polar surface area (TPSA) is 69.1 Å². The van der Waals surface area contributed by atoms with Gasteiger partial charge in [0, 0.05) is 0 Å². The molecule has 0 bridgehead atoms. The molecule has 1 atom stereocenters. The van der Waals surface area contributed by atoms with E-state index < -0.39 is 23.7 Å². The number of primary amides is 1. The molecule has 0 aliphatic rings. The second-order valence-electron chi connectivity index (χ2n) is 2.97. The highest BCUT2D eigenvalue weighted by molar-refractivity contribution is 5.81. The molecule has 0 aliphatic carbocycles. The van der Waals surface area contributed by atoms with Crippen molar-refractivity contribution in [3.63, 3.8) is 0 Å². The molecule has 0 unspecified atom stereocenters. The second-order valence-corrected chi connectivity index (χ2v) is 2.97. The SMILES string of the molecule is NC(=O)[C@@H](N)c1ccccc1C(F)(F)F. The molecule has 0 aliphatic heterocycles. The van der Waals surface area contributed by atoms with Gasteiger partial charge >= 0.3 is 6.18 Å². The van der Waals surface area contributed by atoms with E-state index in [1.54, 1.807) is 0 Å². The maximum atomic E-state index is 12.5. The summed E-state index contributed by atoms with van der Waals surface area (Å²) in [6, 6.07) is 3.15. The average molecular weight is 218 g/mol. The molecule has 15 heavy (non-hydrogen) atoms. The monoisotopic (exact) mass is 218 g/mol. The van der Waals surface area contributed by atoms with Crippen LogP contribution in [0.5, 0.6) is 0 Å². The Morgan fingerprint density at radius 3 is 2.27 bits per heavy atom. The first-order valence-corrected chi connectivity index (χ1v) is 4.05. The fraction of sp³-hybridized carbons (Fsp3) is 0.222. The van der Waals surface area contributed by atoms with Gasteiger partial charge in [-0.2, -0.15) is 13.2 Å². The first kappa shape index (κ1) is 11.5. The molecule has 82 valence electrons. The fourth-order valence-corrected chi connectivity index (χ4v) is 1.18. The highest BCUT2D eigenvalue weighted by atomic mass is 19.4. The predicted octanol–water partition coefficient (Wildman–Crippen LogP) is 1.19. The van der Waals surface area contributed by atoms with Crippen LogP contribution in [-0.4, -0.2) is 5.91 Å². The van der Waals surface area contributed by atoms with E-state index in [4.69, 9.17) is 11.5 Å². The normalized spacial score (nSPS) is 13.6. The van der Waals surface area contributed by atoms with Crippen molar-refractivity contribution in [1.29, 1.82) is 0 Å². The summed E-state index contributed by atoms with van der Waals surface area (Å²) in [5.74, 6) is -0.994. The lowest BCUT2D eigenvalue weighted by Gasteiger charge is -2.15. The summed E-state index contributed by atoms with van der Waals surface area (Å²) in [7, 11) is 0. The highest BCUT2D eigenvalue weighted by Crippen LogP contribution is 2.33. The number of carbonyl (C=O) groups is 1. The Morgan fingerprint density at radius 1 is 1.27 bits per heavy atom. The lowest BCUT2D eigenvalue weighted by molar-refractivity contribution is -0.138. The average Bonchev–Trinajstić information content (AvgIpc) is 2.15. The van der Waals surface area contributed by atoms with E-state index in [2.05, 4.69) is 0 Å². The van der Waals surface area contributed by atoms with E-state index >= 15 is 0 Å². The summed E-state index contributed by atoms with van der Waals surface area (Å²) in [6.45, 7) is 0. The summed E-state index contributed by atoms with van der Waals surface area (Å²) >= 11 is 0. The molecule has 1 rings (SSSR count). The summed E-state index contributed by atoms with van der Waals surface area (Å²) in [6.07, 6.45) is -4.54. The molecular formula is C9H9F3N2O. The summed E-state index contributed by atoms with van der Waals surface area (Å²) in [4.78, 5) is 10.7.